The molecule has 0 bridgehead atoms. The van der Waals surface area contributed by atoms with Gasteiger partial charge in [0, 0.05) is 49.8 Å². The minimum absolute atomic E-state index is 0.492. The van der Waals surface area contributed by atoms with Gasteiger partial charge in [0.2, 0.25) is 0 Å². The summed E-state index contributed by atoms with van der Waals surface area (Å²) in [5.41, 5.74) is 3.70. The van der Waals surface area contributed by atoms with Crippen molar-refractivity contribution in [2.75, 3.05) is 20.2 Å². The maximum absolute atomic E-state index is 5.32. The van der Waals surface area contributed by atoms with Gasteiger partial charge in [-0.1, -0.05) is 18.2 Å². The van der Waals surface area contributed by atoms with Gasteiger partial charge >= 0.3 is 0 Å². The number of pyridine rings is 1. The predicted octanol–water partition coefficient (Wildman–Crippen LogP) is 3.24. The molecule has 0 radical (unpaired) electrons. The van der Waals surface area contributed by atoms with E-state index in [0.29, 0.717) is 5.92 Å². The van der Waals surface area contributed by atoms with Gasteiger partial charge in [-0.15, -0.1) is 0 Å². The SMILES string of the molecule is COc1cccc(CN2CC(c3ncc(C)n3Cc3cccnc3)C2)c1. The molecule has 0 aliphatic carbocycles. The zero-order chi connectivity index (χ0) is 17.9. The summed E-state index contributed by atoms with van der Waals surface area (Å²) >= 11 is 0. The van der Waals surface area contributed by atoms with Crippen LogP contribution in [0.4, 0.5) is 0 Å². The lowest BCUT2D eigenvalue weighted by Crippen LogP contribution is -2.45. The Labute approximate surface area is 154 Å². The van der Waals surface area contributed by atoms with Crippen LogP contribution < -0.4 is 4.74 Å². The highest BCUT2D eigenvalue weighted by Gasteiger charge is 2.31. The number of methoxy groups -OCH3 is 1. The molecule has 5 nitrogen and oxygen atoms in total. The highest BCUT2D eigenvalue weighted by Crippen LogP contribution is 2.29. The van der Waals surface area contributed by atoms with Gasteiger partial charge in [0.1, 0.15) is 11.6 Å². The minimum Gasteiger partial charge on any atom is -0.497 e. The number of hydrogen-bond acceptors (Lipinski definition) is 4. The first-order valence-electron chi connectivity index (χ1n) is 8.99. The summed E-state index contributed by atoms with van der Waals surface area (Å²) in [6.07, 6.45) is 5.73. The molecule has 1 fully saturated rings. The van der Waals surface area contributed by atoms with Gasteiger partial charge in [-0.25, -0.2) is 4.98 Å². The van der Waals surface area contributed by atoms with Crippen LogP contribution in [0.5, 0.6) is 5.75 Å². The molecule has 5 heteroatoms. The van der Waals surface area contributed by atoms with E-state index in [1.54, 1.807) is 7.11 Å². The van der Waals surface area contributed by atoms with E-state index in [9.17, 15) is 0 Å². The van der Waals surface area contributed by atoms with Gasteiger partial charge in [-0.3, -0.25) is 9.88 Å². The van der Waals surface area contributed by atoms with E-state index >= 15 is 0 Å². The molecular formula is C21H24N4O. The van der Waals surface area contributed by atoms with Crippen molar-refractivity contribution >= 4 is 0 Å². The second-order valence-electron chi connectivity index (χ2n) is 6.95. The third-order valence-electron chi connectivity index (χ3n) is 5.01. The number of benzene rings is 1. The molecule has 134 valence electrons. The summed E-state index contributed by atoms with van der Waals surface area (Å²) in [6.45, 7) is 6.00. The van der Waals surface area contributed by atoms with Crippen LogP contribution in [0, 0.1) is 6.92 Å². The Morgan fingerprint density at radius 1 is 1.08 bits per heavy atom. The van der Waals surface area contributed by atoms with Gasteiger partial charge in [-0.2, -0.15) is 0 Å². The van der Waals surface area contributed by atoms with Crippen molar-refractivity contribution in [2.24, 2.45) is 0 Å². The third kappa shape index (κ3) is 3.48. The van der Waals surface area contributed by atoms with E-state index in [4.69, 9.17) is 9.72 Å². The van der Waals surface area contributed by atoms with Gasteiger partial charge in [0.05, 0.1) is 13.7 Å². The van der Waals surface area contributed by atoms with E-state index in [-0.39, 0.29) is 0 Å². The largest absolute Gasteiger partial charge is 0.497 e. The lowest BCUT2D eigenvalue weighted by Gasteiger charge is -2.39. The van der Waals surface area contributed by atoms with Crippen molar-refractivity contribution in [3.63, 3.8) is 0 Å². The molecular weight excluding hydrogens is 324 g/mol. The van der Waals surface area contributed by atoms with Crippen molar-refractivity contribution in [3.8, 4) is 5.75 Å². The monoisotopic (exact) mass is 348 g/mol. The first-order chi connectivity index (χ1) is 12.7. The molecule has 1 aliphatic rings. The Bertz CT molecular complexity index is 869. The molecule has 3 heterocycles. The molecule has 0 N–H and O–H groups in total. The third-order valence-corrected chi connectivity index (χ3v) is 5.01. The smallest absolute Gasteiger partial charge is 0.119 e. The van der Waals surface area contributed by atoms with Crippen LogP contribution in [0.15, 0.2) is 55.0 Å². The molecule has 0 unspecified atom stereocenters. The Hall–Kier alpha value is -2.66. The molecule has 26 heavy (non-hydrogen) atoms. The second-order valence-corrected chi connectivity index (χ2v) is 6.95. The minimum atomic E-state index is 0.492. The maximum atomic E-state index is 5.32. The Morgan fingerprint density at radius 3 is 2.69 bits per heavy atom. The van der Waals surface area contributed by atoms with Gasteiger partial charge in [0.15, 0.2) is 0 Å². The van der Waals surface area contributed by atoms with Gasteiger partial charge in [-0.05, 0) is 36.2 Å². The number of nitrogens with zero attached hydrogens (tertiary/aromatic N) is 4. The molecule has 0 saturated carbocycles. The van der Waals surface area contributed by atoms with E-state index in [1.165, 1.54) is 22.6 Å². The van der Waals surface area contributed by atoms with Crippen LogP contribution in [-0.4, -0.2) is 39.6 Å². The first kappa shape index (κ1) is 16.8. The molecule has 1 saturated heterocycles. The Morgan fingerprint density at radius 2 is 1.92 bits per heavy atom. The van der Waals surface area contributed by atoms with E-state index in [1.807, 2.05) is 30.7 Å². The normalized spacial score (nSPS) is 15.0. The number of aryl methyl sites for hydroxylation is 1. The summed E-state index contributed by atoms with van der Waals surface area (Å²) in [4.78, 5) is 11.4. The van der Waals surface area contributed by atoms with Crippen molar-refractivity contribution in [3.05, 3.63) is 77.6 Å². The fraction of sp³-hybridized carbons (Fsp3) is 0.333. The van der Waals surface area contributed by atoms with Crippen LogP contribution >= 0.6 is 0 Å². The fourth-order valence-corrected chi connectivity index (χ4v) is 3.58. The number of likely N-dealkylation sites (tertiary alicyclic amines) is 1. The summed E-state index contributed by atoms with van der Waals surface area (Å²) in [7, 11) is 1.71. The van der Waals surface area contributed by atoms with Gasteiger partial charge < -0.3 is 9.30 Å². The highest BCUT2D eigenvalue weighted by atomic mass is 16.5. The van der Waals surface area contributed by atoms with Crippen molar-refractivity contribution in [1.29, 1.82) is 0 Å². The summed E-state index contributed by atoms with van der Waals surface area (Å²) < 4.78 is 7.64. The zero-order valence-corrected chi connectivity index (χ0v) is 15.3. The Balaban J connectivity index is 1.41. The van der Waals surface area contributed by atoms with Crippen molar-refractivity contribution in [2.45, 2.75) is 25.9 Å². The molecule has 0 spiro atoms. The Kier molecular flexibility index (Phi) is 4.71. The molecule has 3 aromatic rings. The fourth-order valence-electron chi connectivity index (χ4n) is 3.58. The number of ether oxygens (including phenoxy) is 1. The molecule has 1 aromatic carbocycles. The van der Waals surface area contributed by atoms with E-state index < -0.39 is 0 Å². The van der Waals surface area contributed by atoms with Crippen LogP contribution in [-0.2, 0) is 13.1 Å². The van der Waals surface area contributed by atoms with Crippen molar-refractivity contribution < 1.29 is 4.74 Å². The highest BCUT2D eigenvalue weighted by molar-refractivity contribution is 5.28. The van der Waals surface area contributed by atoms with E-state index in [2.05, 4.69) is 45.6 Å². The number of imidazole rings is 1. The molecule has 4 rings (SSSR count). The topological polar surface area (TPSA) is 43.2 Å². The lowest BCUT2D eigenvalue weighted by atomic mass is 9.98. The lowest BCUT2D eigenvalue weighted by molar-refractivity contribution is 0.132. The zero-order valence-electron chi connectivity index (χ0n) is 15.3. The van der Waals surface area contributed by atoms with Crippen molar-refractivity contribution in [1.82, 2.24) is 19.4 Å². The van der Waals surface area contributed by atoms with Crippen LogP contribution in [0.1, 0.15) is 28.6 Å². The average molecular weight is 348 g/mol. The quantitative estimate of drug-likeness (QED) is 0.686. The molecule has 1 aliphatic heterocycles. The van der Waals surface area contributed by atoms with Crippen LogP contribution in [0.25, 0.3) is 0 Å². The standard InChI is InChI=1S/C21H24N4O/c1-16-10-23-21(25(16)13-18-6-4-8-22-11-18)19-14-24(15-19)12-17-5-3-7-20(9-17)26-2/h3-11,19H,12-15H2,1-2H3. The van der Waals surface area contributed by atoms with Crippen LogP contribution in [0.2, 0.25) is 0 Å². The number of rotatable bonds is 6. The molecule has 0 amide bonds. The summed E-state index contributed by atoms with van der Waals surface area (Å²) in [6, 6.07) is 12.4. The number of aromatic nitrogens is 3. The predicted molar refractivity (Wildman–Crippen MR) is 101 cm³/mol. The summed E-state index contributed by atoms with van der Waals surface area (Å²) in [5.74, 6) is 2.60. The molecule has 2 aromatic heterocycles. The first-order valence-corrected chi connectivity index (χ1v) is 8.99. The maximum Gasteiger partial charge on any atom is 0.119 e. The van der Waals surface area contributed by atoms with Gasteiger partial charge in [0.25, 0.3) is 0 Å². The summed E-state index contributed by atoms with van der Waals surface area (Å²) in [5, 5.41) is 0. The number of hydrogen-bond donors (Lipinski definition) is 0. The average Bonchev–Trinajstić information content (AvgIpc) is 2.99. The second kappa shape index (κ2) is 7.30. The van der Waals surface area contributed by atoms with Crippen LogP contribution in [0.3, 0.4) is 0 Å². The van der Waals surface area contributed by atoms with E-state index in [0.717, 1.165) is 31.9 Å². The molecule has 0 atom stereocenters.